The number of aromatic nitrogens is 4. The molecule has 0 radical (unpaired) electrons. The Labute approximate surface area is 187 Å². The second kappa shape index (κ2) is 8.42. The lowest BCUT2D eigenvalue weighted by molar-refractivity contribution is 0.0951. The normalized spacial score (nSPS) is 13.6. The number of hydrogen-bond acceptors (Lipinski definition) is 5. The summed E-state index contributed by atoms with van der Waals surface area (Å²) in [4.78, 5) is 24.7. The Morgan fingerprint density at radius 3 is 2.59 bits per heavy atom. The Morgan fingerprint density at radius 1 is 1.06 bits per heavy atom. The minimum absolute atomic E-state index is 0.118. The number of aryl methyl sites for hydroxylation is 2. The van der Waals surface area contributed by atoms with Crippen LogP contribution in [0.2, 0.25) is 0 Å². The Kier molecular flexibility index (Phi) is 5.31. The SMILES string of the molecule is Cc1cc(C)n(-c2ccc(CNC(=O)c3cc4ccccc4nc3N3CCCC3)cn2)n1. The number of hydrogen-bond donors (Lipinski definition) is 1. The molecule has 0 atom stereocenters. The van der Waals surface area contributed by atoms with Crippen LogP contribution in [0.3, 0.4) is 0 Å². The van der Waals surface area contributed by atoms with Gasteiger partial charge < -0.3 is 10.2 Å². The van der Waals surface area contributed by atoms with E-state index in [2.05, 4.69) is 20.3 Å². The van der Waals surface area contributed by atoms with Gasteiger partial charge in [0.2, 0.25) is 0 Å². The Bertz CT molecular complexity index is 1270. The first-order valence-electron chi connectivity index (χ1n) is 11.0. The van der Waals surface area contributed by atoms with Crippen LogP contribution in [-0.2, 0) is 6.54 Å². The van der Waals surface area contributed by atoms with Crippen molar-refractivity contribution >= 4 is 22.6 Å². The number of amides is 1. The van der Waals surface area contributed by atoms with Gasteiger partial charge in [-0.05, 0) is 56.5 Å². The molecule has 0 spiro atoms. The van der Waals surface area contributed by atoms with E-state index in [4.69, 9.17) is 4.98 Å². The van der Waals surface area contributed by atoms with Crippen LogP contribution in [0, 0.1) is 13.8 Å². The molecule has 7 nitrogen and oxygen atoms in total. The van der Waals surface area contributed by atoms with Crippen molar-refractivity contribution in [3.8, 4) is 5.82 Å². The Hall–Kier alpha value is -3.74. The first kappa shape index (κ1) is 20.2. The summed E-state index contributed by atoms with van der Waals surface area (Å²) < 4.78 is 1.82. The van der Waals surface area contributed by atoms with Crippen molar-refractivity contribution in [2.75, 3.05) is 18.0 Å². The number of carbonyl (C=O) groups excluding carboxylic acids is 1. The zero-order valence-corrected chi connectivity index (χ0v) is 18.4. The maximum absolute atomic E-state index is 13.2. The molecular weight excluding hydrogens is 400 g/mol. The van der Waals surface area contributed by atoms with E-state index in [9.17, 15) is 4.79 Å². The molecule has 1 N–H and O–H groups in total. The predicted octanol–water partition coefficient (Wildman–Crippen LogP) is 3.96. The largest absolute Gasteiger partial charge is 0.356 e. The standard InChI is InChI=1S/C25H26N6O/c1-17-13-18(2)31(29-17)23-10-9-19(15-26-23)16-27-25(32)21-14-20-7-3-4-8-22(20)28-24(21)30-11-5-6-12-30/h3-4,7-10,13-15H,5-6,11-12,16H2,1-2H3,(H,27,32). The molecule has 3 aromatic heterocycles. The van der Waals surface area contributed by atoms with Gasteiger partial charge in [0, 0.05) is 36.9 Å². The number of pyridine rings is 2. The molecule has 1 saturated heterocycles. The van der Waals surface area contributed by atoms with Crippen molar-refractivity contribution in [3.05, 3.63) is 77.2 Å². The molecule has 0 bridgehead atoms. The Balaban J connectivity index is 1.35. The molecule has 1 fully saturated rings. The number of fused-ring (bicyclic) bond motifs is 1. The number of carbonyl (C=O) groups is 1. The van der Waals surface area contributed by atoms with Crippen molar-refractivity contribution in [2.24, 2.45) is 0 Å². The van der Waals surface area contributed by atoms with Gasteiger partial charge in [0.05, 0.1) is 16.8 Å². The Morgan fingerprint density at radius 2 is 1.88 bits per heavy atom. The van der Waals surface area contributed by atoms with Crippen LogP contribution in [0.1, 0.15) is 40.2 Å². The van der Waals surface area contributed by atoms with E-state index in [1.807, 2.05) is 67.1 Å². The molecule has 0 aliphatic carbocycles. The van der Waals surface area contributed by atoms with Gasteiger partial charge in [-0.15, -0.1) is 0 Å². The van der Waals surface area contributed by atoms with Gasteiger partial charge >= 0.3 is 0 Å². The molecule has 0 saturated carbocycles. The van der Waals surface area contributed by atoms with Crippen molar-refractivity contribution in [2.45, 2.75) is 33.2 Å². The van der Waals surface area contributed by atoms with Crippen LogP contribution in [0.25, 0.3) is 16.7 Å². The fraction of sp³-hybridized carbons (Fsp3) is 0.280. The molecule has 5 rings (SSSR count). The van der Waals surface area contributed by atoms with Crippen LogP contribution >= 0.6 is 0 Å². The van der Waals surface area contributed by atoms with Gasteiger partial charge in [0.25, 0.3) is 5.91 Å². The monoisotopic (exact) mass is 426 g/mol. The van der Waals surface area contributed by atoms with Gasteiger partial charge in [0.1, 0.15) is 5.82 Å². The quantitative estimate of drug-likeness (QED) is 0.523. The highest BCUT2D eigenvalue weighted by Gasteiger charge is 2.22. The zero-order chi connectivity index (χ0) is 22.1. The number of nitrogens with one attached hydrogen (secondary N) is 1. The van der Waals surface area contributed by atoms with E-state index in [-0.39, 0.29) is 5.91 Å². The van der Waals surface area contributed by atoms with Crippen molar-refractivity contribution < 1.29 is 4.79 Å². The topological polar surface area (TPSA) is 75.9 Å². The number of para-hydroxylation sites is 1. The number of rotatable bonds is 5. The second-order valence-electron chi connectivity index (χ2n) is 8.29. The van der Waals surface area contributed by atoms with E-state index in [0.717, 1.165) is 65.4 Å². The van der Waals surface area contributed by atoms with Crippen molar-refractivity contribution in [3.63, 3.8) is 0 Å². The highest BCUT2D eigenvalue weighted by molar-refractivity contribution is 6.02. The third-order valence-electron chi connectivity index (χ3n) is 5.84. The molecule has 1 aliphatic rings. The molecule has 4 heterocycles. The summed E-state index contributed by atoms with van der Waals surface area (Å²) in [5.74, 6) is 1.42. The smallest absolute Gasteiger partial charge is 0.255 e. The first-order chi connectivity index (χ1) is 15.6. The highest BCUT2D eigenvalue weighted by atomic mass is 16.1. The van der Waals surface area contributed by atoms with E-state index in [1.54, 1.807) is 6.20 Å². The first-order valence-corrected chi connectivity index (χ1v) is 11.0. The van der Waals surface area contributed by atoms with Crippen LogP contribution in [0.5, 0.6) is 0 Å². The lowest BCUT2D eigenvalue weighted by Gasteiger charge is -2.20. The van der Waals surface area contributed by atoms with Crippen LogP contribution in [-0.4, -0.2) is 38.7 Å². The zero-order valence-electron chi connectivity index (χ0n) is 18.4. The van der Waals surface area contributed by atoms with Crippen LogP contribution in [0.15, 0.2) is 54.7 Å². The third kappa shape index (κ3) is 3.93. The van der Waals surface area contributed by atoms with E-state index >= 15 is 0 Å². The molecule has 7 heteroatoms. The lowest BCUT2D eigenvalue weighted by Crippen LogP contribution is -2.28. The fourth-order valence-electron chi connectivity index (χ4n) is 4.23. The molecule has 1 amide bonds. The maximum atomic E-state index is 13.2. The van der Waals surface area contributed by atoms with Gasteiger partial charge in [0.15, 0.2) is 5.82 Å². The molecule has 1 aliphatic heterocycles. The summed E-state index contributed by atoms with van der Waals surface area (Å²) in [6.45, 7) is 6.24. The average Bonchev–Trinajstić information content (AvgIpc) is 3.46. The minimum atomic E-state index is -0.118. The summed E-state index contributed by atoms with van der Waals surface area (Å²) in [7, 11) is 0. The summed E-state index contributed by atoms with van der Waals surface area (Å²) in [5.41, 5.74) is 4.46. The fourth-order valence-corrected chi connectivity index (χ4v) is 4.23. The minimum Gasteiger partial charge on any atom is -0.356 e. The van der Waals surface area contributed by atoms with Gasteiger partial charge in [-0.3, -0.25) is 4.79 Å². The lowest BCUT2D eigenvalue weighted by atomic mass is 10.1. The molecule has 0 unspecified atom stereocenters. The summed E-state index contributed by atoms with van der Waals surface area (Å²) in [6.07, 6.45) is 4.04. The van der Waals surface area contributed by atoms with Gasteiger partial charge in [-0.2, -0.15) is 5.10 Å². The number of anilines is 1. The van der Waals surface area contributed by atoms with Gasteiger partial charge in [-0.25, -0.2) is 14.6 Å². The summed E-state index contributed by atoms with van der Waals surface area (Å²) in [5, 5.41) is 8.49. The number of nitrogens with zero attached hydrogens (tertiary/aromatic N) is 5. The summed E-state index contributed by atoms with van der Waals surface area (Å²) in [6, 6.07) is 15.8. The molecule has 1 aromatic carbocycles. The van der Waals surface area contributed by atoms with E-state index < -0.39 is 0 Å². The third-order valence-corrected chi connectivity index (χ3v) is 5.84. The second-order valence-corrected chi connectivity index (χ2v) is 8.29. The predicted molar refractivity (Wildman–Crippen MR) is 125 cm³/mol. The van der Waals surface area contributed by atoms with Gasteiger partial charge in [-0.1, -0.05) is 24.3 Å². The maximum Gasteiger partial charge on any atom is 0.255 e. The summed E-state index contributed by atoms with van der Waals surface area (Å²) >= 11 is 0. The van der Waals surface area contributed by atoms with E-state index in [0.29, 0.717) is 12.1 Å². The highest BCUT2D eigenvalue weighted by Crippen LogP contribution is 2.26. The van der Waals surface area contributed by atoms with Crippen molar-refractivity contribution in [1.29, 1.82) is 0 Å². The molecule has 32 heavy (non-hydrogen) atoms. The number of benzene rings is 1. The molecule has 162 valence electrons. The molecule has 4 aromatic rings. The van der Waals surface area contributed by atoms with Crippen LogP contribution < -0.4 is 10.2 Å². The van der Waals surface area contributed by atoms with Crippen LogP contribution in [0.4, 0.5) is 5.82 Å². The molecular formula is C25H26N6O. The van der Waals surface area contributed by atoms with E-state index in [1.165, 1.54) is 0 Å². The van der Waals surface area contributed by atoms with Crippen molar-refractivity contribution in [1.82, 2.24) is 25.1 Å². The average molecular weight is 427 g/mol.